The van der Waals surface area contributed by atoms with E-state index in [1.165, 1.54) is 12.4 Å². The van der Waals surface area contributed by atoms with Crippen molar-refractivity contribution >= 4 is 22.8 Å². The van der Waals surface area contributed by atoms with Crippen molar-refractivity contribution in [2.45, 2.75) is 57.7 Å². The molecular formula is C27H34FN5O3. The number of fused-ring (bicyclic) bond motifs is 1. The number of amides is 1. The van der Waals surface area contributed by atoms with E-state index in [4.69, 9.17) is 9.57 Å². The zero-order valence-corrected chi connectivity index (χ0v) is 20.8. The molecule has 1 atom stereocenters. The highest BCUT2D eigenvalue weighted by atomic mass is 19.1. The molecule has 1 unspecified atom stereocenters. The van der Waals surface area contributed by atoms with Crippen LogP contribution in [-0.2, 0) is 23.0 Å². The zero-order valence-electron chi connectivity index (χ0n) is 20.8. The van der Waals surface area contributed by atoms with Crippen molar-refractivity contribution in [3.8, 4) is 0 Å². The van der Waals surface area contributed by atoms with Gasteiger partial charge < -0.3 is 14.2 Å². The molecule has 2 saturated heterocycles. The molecule has 9 heteroatoms. The number of halogens is 1. The Morgan fingerprint density at radius 1 is 1.19 bits per heavy atom. The average molecular weight is 496 g/mol. The van der Waals surface area contributed by atoms with Gasteiger partial charge in [-0.15, -0.1) is 0 Å². The van der Waals surface area contributed by atoms with Gasteiger partial charge in [-0.05, 0) is 68.6 Å². The molecule has 0 bridgehead atoms. The summed E-state index contributed by atoms with van der Waals surface area (Å²) in [6.45, 7) is 2.43. The molecule has 0 spiro atoms. The van der Waals surface area contributed by atoms with Crippen molar-refractivity contribution in [2.24, 2.45) is 13.0 Å². The summed E-state index contributed by atoms with van der Waals surface area (Å²) >= 11 is 0. The van der Waals surface area contributed by atoms with E-state index >= 15 is 0 Å². The second-order valence-electron chi connectivity index (χ2n) is 9.84. The van der Waals surface area contributed by atoms with Gasteiger partial charge in [0.05, 0.1) is 11.1 Å². The van der Waals surface area contributed by atoms with Gasteiger partial charge in [-0.2, -0.15) is 0 Å². The number of benzene rings is 1. The van der Waals surface area contributed by atoms with Gasteiger partial charge in [0.1, 0.15) is 5.82 Å². The summed E-state index contributed by atoms with van der Waals surface area (Å²) in [5.41, 5.74) is 4.84. The van der Waals surface area contributed by atoms with Crippen LogP contribution in [0.25, 0.3) is 10.9 Å². The first kappa shape index (κ1) is 24.6. The van der Waals surface area contributed by atoms with Crippen LogP contribution >= 0.6 is 0 Å². The number of nitrogens with zero attached hydrogens (tertiary/aromatic N) is 4. The molecule has 3 aromatic rings. The number of carbonyl (C=O) groups is 1. The monoisotopic (exact) mass is 495 g/mol. The van der Waals surface area contributed by atoms with Crippen LogP contribution < -0.4 is 10.4 Å². The van der Waals surface area contributed by atoms with E-state index in [0.29, 0.717) is 24.0 Å². The van der Waals surface area contributed by atoms with Gasteiger partial charge in [0, 0.05) is 57.1 Å². The number of nitrogens with one attached hydrogen (secondary N) is 1. The average Bonchev–Trinajstić information content (AvgIpc) is 3.25. The summed E-state index contributed by atoms with van der Waals surface area (Å²) in [6.07, 6.45) is 12.8. The van der Waals surface area contributed by atoms with E-state index in [1.807, 2.05) is 17.7 Å². The van der Waals surface area contributed by atoms with Crippen molar-refractivity contribution in [1.29, 1.82) is 0 Å². The second kappa shape index (κ2) is 11.3. The van der Waals surface area contributed by atoms with Crippen LogP contribution in [0.15, 0.2) is 36.8 Å². The van der Waals surface area contributed by atoms with E-state index in [9.17, 15) is 9.18 Å². The normalized spacial score (nSPS) is 19.1. The van der Waals surface area contributed by atoms with Gasteiger partial charge in [0.25, 0.3) is 5.91 Å². The Bertz CT molecular complexity index is 1170. The summed E-state index contributed by atoms with van der Waals surface area (Å²) in [7, 11) is 1.97. The third-order valence-corrected chi connectivity index (χ3v) is 7.32. The highest BCUT2D eigenvalue weighted by Crippen LogP contribution is 2.28. The highest BCUT2D eigenvalue weighted by molar-refractivity contribution is 5.92. The van der Waals surface area contributed by atoms with E-state index in [1.54, 1.807) is 12.1 Å². The Morgan fingerprint density at radius 2 is 2.00 bits per heavy atom. The summed E-state index contributed by atoms with van der Waals surface area (Å²) in [5.74, 6) is 0.782. The number of aromatic nitrogens is 3. The first-order valence-electron chi connectivity index (χ1n) is 13.0. The van der Waals surface area contributed by atoms with Crippen LogP contribution in [-0.4, -0.2) is 46.4 Å². The third kappa shape index (κ3) is 5.68. The standard InChI is InChI=1S/C27H34FN5O3/c1-32-18-20(25-22(28)8-5-9-23(25)32)7-4-6-19-11-13-33(14-12-19)27-29-16-21(17-30-27)26(34)31-36-24-10-2-3-15-35-24/h5,8-9,16-19,24H,2-4,6-7,10-15H2,1H3,(H,31,34). The van der Waals surface area contributed by atoms with Crippen molar-refractivity contribution in [3.05, 3.63) is 53.7 Å². The molecule has 0 radical (unpaired) electrons. The Labute approximate surface area is 210 Å². The smallest absolute Gasteiger partial charge is 0.278 e. The number of aryl methyl sites for hydroxylation is 2. The minimum absolute atomic E-state index is 0.134. The van der Waals surface area contributed by atoms with E-state index in [2.05, 4.69) is 26.5 Å². The molecule has 8 nitrogen and oxygen atoms in total. The van der Waals surface area contributed by atoms with Gasteiger partial charge in [0.15, 0.2) is 6.29 Å². The lowest BCUT2D eigenvalue weighted by Crippen LogP contribution is -2.35. The first-order chi connectivity index (χ1) is 17.6. The number of ether oxygens (including phenoxy) is 1. The maximum atomic E-state index is 14.4. The molecule has 36 heavy (non-hydrogen) atoms. The molecule has 2 aromatic heterocycles. The Balaban J connectivity index is 1.06. The lowest BCUT2D eigenvalue weighted by atomic mass is 9.91. The molecule has 2 fully saturated rings. The van der Waals surface area contributed by atoms with Gasteiger partial charge >= 0.3 is 0 Å². The van der Waals surface area contributed by atoms with Gasteiger partial charge in [-0.3, -0.25) is 4.79 Å². The van der Waals surface area contributed by atoms with E-state index < -0.39 is 6.29 Å². The van der Waals surface area contributed by atoms with E-state index in [0.717, 1.165) is 80.9 Å². The van der Waals surface area contributed by atoms with Crippen molar-refractivity contribution < 1.29 is 18.8 Å². The molecule has 1 N–H and O–H groups in total. The molecule has 192 valence electrons. The quantitative estimate of drug-likeness (QED) is 0.463. The maximum absolute atomic E-state index is 14.4. The molecule has 0 aliphatic carbocycles. The van der Waals surface area contributed by atoms with Crippen LogP contribution in [0, 0.1) is 11.7 Å². The summed E-state index contributed by atoms with van der Waals surface area (Å²) < 4.78 is 21.8. The summed E-state index contributed by atoms with van der Waals surface area (Å²) in [4.78, 5) is 28.6. The molecule has 2 aliphatic rings. The number of piperidine rings is 1. The van der Waals surface area contributed by atoms with E-state index in [-0.39, 0.29) is 11.7 Å². The Kier molecular flexibility index (Phi) is 7.77. The molecular weight excluding hydrogens is 461 g/mol. The molecule has 5 rings (SSSR count). The fourth-order valence-electron chi connectivity index (χ4n) is 5.27. The first-order valence-corrected chi connectivity index (χ1v) is 13.0. The fraction of sp³-hybridized carbons (Fsp3) is 0.519. The van der Waals surface area contributed by atoms with Crippen LogP contribution in [0.3, 0.4) is 0 Å². The predicted molar refractivity (Wildman–Crippen MR) is 135 cm³/mol. The minimum Gasteiger partial charge on any atom is -0.350 e. The Morgan fingerprint density at radius 3 is 2.75 bits per heavy atom. The topological polar surface area (TPSA) is 81.5 Å². The molecule has 2 aliphatic heterocycles. The minimum atomic E-state index is -0.391. The molecule has 1 aromatic carbocycles. The number of carbonyl (C=O) groups excluding carboxylic acids is 1. The number of hydrogen-bond donors (Lipinski definition) is 1. The highest BCUT2D eigenvalue weighted by Gasteiger charge is 2.22. The number of rotatable bonds is 8. The van der Waals surface area contributed by atoms with Crippen molar-refractivity contribution in [1.82, 2.24) is 20.0 Å². The lowest BCUT2D eigenvalue weighted by Gasteiger charge is -2.32. The zero-order chi connectivity index (χ0) is 24.9. The number of hydrogen-bond acceptors (Lipinski definition) is 6. The van der Waals surface area contributed by atoms with Crippen LogP contribution in [0.2, 0.25) is 0 Å². The Hall–Kier alpha value is -3.04. The molecule has 1 amide bonds. The van der Waals surface area contributed by atoms with Gasteiger partial charge in [-0.1, -0.05) is 6.07 Å². The summed E-state index contributed by atoms with van der Waals surface area (Å²) in [6, 6.07) is 5.28. The fourth-order valence-corrected chi connectivity index (χ4v) is 5.27. The van der Waals surface area contributed by atoms with Crippen LogP contribution in [0.4, 0.5) is 10.3 Å². The van der Waals surface area contributed by atoms with Crippen molar-refractivity contribution in [2.75, 3.05) is 24.6 Å². The SMILES string of the molecule is Cn1cc(CCCC2CCN(c3ncc(C(=O)NOC4CCCCO4)cn3)CC2)c2c(F)cccc21. The van der Waals surface area contributed by atoms with Gasteiger partial charge in [-0.25, -0.2) is 24.7 Å². The number of hydroxylamine groups is 1. The summed E-state index contributed by atoms with van der Waals surface area (Å²) in [5, 5.41) is 0.762. The largest absolute Gasteiger partial charge is 0.350 e. The van der Waals surface area contributed by atoms with Crippen LogP contribution in [0.5, 0.6) is 0 Å². The molecule has 4 heterocycles. The maximum Gasteiger partial charge on any atom is 0.278 e. The lowest BCUT2D eigenvalue weighted by molar-refractivity contribution is -0.186. The third-order valence-electron chi connectivity index (χ3n) is 7.32. The predicted octanol–water partition coefficient (Wildman–Crippen LogP) is 4.53. The number of anilines is 1. The van der Waals surface area contributed by atoms with Crippen molar-refractivity contribution in [3.63, 3.8) is 0 Å². The van der Waals surface area contributed by atoms with Crippen LogP contribution in [0.1, 0.15) is 60.9 Å². The molecule has 0 saturated carbocycles. The second-order valence-corrected chi connectivity index (χ2v) is 9.84. The van der Waals surface area contributed by atoms with Gasteiger partial charge in [0.2, 0.25) is 5.95 Å².